The zero-order valence-electron chi connectivity index (χ0n) is 16.2. The molecule has 0 spiro atoms. The minimum Gasteiger partial charge on any atom is -0.422 e. The lowest BCUT2D eigenvalue weighted by atomic mass is 9.79. The molecule has 9 rings (SSSR count). The number of hydrogen-bond donors (Lipinski definition) is 0. The molecule has 0 radical (unpaired) electrons. The van der Waals surface area contributed by atoms with E-state index < -0.39 is 0 Å². The van der Waals surface area contributed by atoms with Crippen molar-refractivity contribution in [3.63, 3.8) is 0 Å². The van der Waals surface area contributed by atoms with E-state index in [0.717, 1.165) is 16.3 Å². The van der Waals surface area contributed by atoms with Gasteiger partial charge in [-0.25, -0.2) is 4.79 Å². The molecule has 0 saturated heterocycles. The predicted molar refractivity (Wildman–Crippen MR) is 128 cm³/mol. The fourth-order valence-electron chi connectivity index (χ4n) is 6.46. The second kappa shape index (κ2) is 4.45. The van der Waals surface area contributed by atoms with Crippen LogP contribution in [0.4, 0.5) is 0 Å². The Labute approximate surface area is 175 Å². The van der Waals surface area contributed by atoms with Crippen molar-refractivity contribution in [3.8, 4) is 5.75 Å². The van der Waals surface area contributed by atoms with Crippen LogP contribution in [0, 0.1) is 0 Å². The number of benzene rings is 8. The number of carbonyl (C=O) groups is 1. The molecule has 2 nitrogen and oxygen atoms in total. The Kier molecular flexibility index (Phi) is 2.12. The van der Waals surface area contributed by atoms with Crippen molar-refractivity contribution in [3.05, 3.63) is 78.4 Å². The molecule has 0 fully saturated rings. The Morgan fingerprint density at radius 1 is 0.484 bits per heavy atom. The van der Waals surface area contributed by atoms with E-state index in [2.05, 4.69) is 66.7 Å². The van der Waals surface area contributed by atoms with Crippen LogP contribution in [0.2, 0.25) is 0 Å². The molecule has 0 amide bonds. The standard InChI is InChI=1S/C29H12O2/c30-29-25-19-9-3-8-17-15-6-1-4-13-12-14-5-2-7-16-18-10-11-20(31-29)26(25)24(18)28(23(17)19)27(21(13)15)22(14)16/h1-12H. The maximum absolute atomic E-state index is 13.0. The van der Waals surface area contributed by atoms with E-state index in [1.54, 1.807) is 0 Å². The van der Waals surface area contributed by atoms with Crippen LogP contribution in [0.3, 0.4) is 0 Å². The van der Waals surface area contributed by atoms with Crippen LogP contribution in [0.25, 0.3) is 75.4 Å². The van der Waals surface area contributed by atoms with Crippen LogP contribution in [-0.2, 0) is 0 Å². The fourth-order valence-corrected chi connectivity index (χ4v) is 6.46. The summed E-state index contributed by atoms with van der Waals surface area (Å²) in [4.78, 5) is 13.0. The monoisotopic (exact) mass is 392 g/mol. The molecule has 1 aliphatic heterocycles. The van der Waals surface area contributed by atoms with Crippen LogP contribution in [0.1, 0.15) is 10.4 Å². The Hall–Kier alpha value is -4.17. The smallest absolute Gasteiger partial charge is 0.344 e. The van der Waals surface area contributed by atoms with Crippen molar-refractivity contribution in [1.82, 2.24) is 0 Å². The van der Waals surface area contributed by atoms with Gasteiger partial charge in [-0.3, -0.25) is 0 Å². The van der Waals surface area contributed by atoms with Gasteiger partial charge in [-0.2, -0.15) is 0 Å². The van der Waals surface area contributed by atoms with Crippen molar-refractivity contribution in [2.75, 3.05) is 0 Å². The zero-order chi connectivity index (χ0) is 20.0. The van der Waals surface area contributed by atoms with E-state index in [0.29, 0.717) is 5.75 Å². The molecule has 31 heavy (non-hydrogen) atoms. The van der Waals surface area contributed by atoms with E-state index in [-0.39, 0.29) is 5.97 Å². The molecule has 140 valence electrons. The molecule has 0 aliphatic carbocycles. The molecular weight excluding hydrogens is 380 g/mol. The summed E-state index contributed by atoms with van der Waals surface area (Å²) in [5.41, 5.74) is 0.717. The van der Waals surface area contributed by atoms with Gasteiger partial charge in [-0.05, 0) is 77.4 Å². The highest BCUT2D eigenvalue weighted by molar-refractivity contribution is 6.50. The second-order valence-electron chi connectivity index (χ2n) is 8.79. The van der Waals surface area contributed by atoms with Crippen molar-refractivity contribution in [1.29, 1.82) is 0 Å². The largest absolute Gasteiger partial charge is 0.422 e. The summed E-state index contributed by atoms with van der Waals surface area (Å²) in [5, 5.41) is 17.0. The van der Waals surface area contributed by atoms with Gasteiger partial charge in [0.1, 0.15) is 5.75 Å². The first-order valence-electron chi connectivity index (χ1n) is 10.6. The maximum atomic E-state index is 13.0. The summed E-state index contributed by atoms with van der Waals surface area (Å²) >= 11 is 0. The van der Waals surface area contributed by atoms with Crippen LogP contribution < -0.4 is 4.74 Å². The molecule has 1 aliphatic rings. The summed E-state index contributed by atoms with van der Waals surface area (Å²) in [6.07, 6.45) is 0. The topological polar surface area (TPSA) is 26.3 Å². The Balaban J connectivity index is 1.87. The predicted octanol–water partition coefficient (Wildman–Crippen LogP) is 7.61. The van der Waals surface area contributed by atoms with E-state index in [1.807, 2.05) is 6.07 Å². The molecular formula is C29H12O2. The van der Waals surface area contributed by atoms with Gasteiger partial charge in [0.25, 0.3) is 0 Å². The van der Waals surface area contributed by atoms with E-state index in [4.69, 9.17) is 4.74 Å². The van der Waals surface area contributed by atoms with Crippen LogP contribution in [0.15, 0.2) is 72.8 Å². The van der Waals surface area contributed by atoms with Gasteiger partial charge in [-0.15, -0.1) is 0 Å². The number of carbonyl (C=O) groups excluding carboxylic acids is 1. The molecule has 0 saturated carbocycles. The quantitative estimate of drug-likeness (QED) is 0.115. The van der Waals surface area contributed by atoms with Gasteiger partial charge in [-0.1, -0.05) is 54.6 Å². The van der Waals surface area contributed by atoms with Gasteiger partial charge in [0.15, 0.2) is 0 Å². The Morgan fingerprint density at radius 3 is 1.81 bits per heavy atom. The third-order valence-corrected chi connectivity index (χ3v) is 7.49. The first-order valence-corrected chi connectivity index (χ1v) is 10.6. The summed E-state index contributed by atoms with van der Waals surface area (Å²) < 4.78 is 5.75. The zero-order valence-corrected chi connectivity index (χ0v) is 16.2. The first kappa shape index (κ1) is 14.8. The lowest BCUT2D eigenvalue weighted by Crippen LogP contribution is -2.02. The first-order chi connectivity index (χ1) is 15.3. The molecule has 0 N–H and O–H groups in total. The fraction of sp³-hybridized carbons (Fsp3) is 0. The highest BCUT2D eigenvalue weighted by atomic mass is 16.5. The number of rotatable bonds is 0. The third kappa shape index (κ3) is 1.39. The number of esters is 1. The normalized spacial score (nSPS) is 14.1. The van der Waals surface area contributed by atoms with Gasteiger partial charge in [0, 0.05) is 16.2 Å². The molecule has 8 aromatic rings. The van der Waals surface area contributed by atoms with Gasteiger partial charge in [0.2, 0.25) is 0 Å². The number of fused-ring (bicyclic) bond motifs is 3. The van der Waals surface area contributed by atoms with Crippen LogP contribution in [-0.4, -0.2) is 5.97 Å². The molecule has 0 unspecified atom stereocenters. The van der Waals surface area contributed by atoms with Gasteiger partial charge in [0.05, 0.1) is 5.56 Å². The lowest BCUT2D eigenvalue weighted by molar-refractivity contribution is 0.0756. The number of hydrogen-bond acceptors (Lipinski definition) is 2. The molecule has 0 bridgehead atoms. The highest BCUT2D eigenvalue weighted by Crippen LogP contribution is 2.54. The van der Waals surface area contributed by atoms with Crippen LogP contribution in [0.5, 0.6) is 5.75 Å². The van der Waals surface area contributed by atoms with Crippen molar-refractivity contribution in [2.24, 2.45) is 0 Å². The average molecular weight is 392 g/mol. The average Bonchev–Trinajstić information content (AvgIpc) is 3.15. The summed E-state index contributed by atoms with van der Waals surface area (Å²) in [6.45, 7) is 0. The SMILES string of the molecule is O=C1Oc2ccc3c4cccc5cc6cccc7c8cccc9c1c2c3c(c98)c(c67)c54. The Bertz CT molecular complexity index is 2050. The second-order valence-corrected chi connectivity index (χ2v) is 8.79. The van der Waals surface area contributed by atoms with E-state index in [9.17, 15) is 4.79 Å². The number of ether oxygens (including phenoxy) is 1. The molecule has 1 heterocycles. The van der Waals surface area contributed by atoms with E-state index in [1.165, 1.54) is 64.6 Å². The molecule has 2 heteroatoms. The highest BCUT2D eigenvalue weighted by Gasteiger charge is 2.32. The summed E-state index contributed by atoms with van der Waals surface area (Å²) in [6, 6.07) is 25.9. The third-order valence-electron chi connectivity index (χ3n) is 7.49. The lowest BCUT2D eigenvalue weighted by Gasteiger charge is -2.22. The minimum absolute atomic E-state index is 0.239. The van der Waals surface area contributed by atoms with Crippen molar-refractivity contribution >= 4 is 81.4 Å². The van der Waals surface area contributed by atoms with Crippen molar-refractivity contribution in [2.45, 2.75) is 0 Å². The minimum atomic E-state index is -0.239. The molecule has 0 atom stereocenters. The van der Waals surface area contributed by atoms with Crippen molar-refractivity contribution < 1.29 is 9.53 Å². The Morgan fingerprint density at radius 2 is 1.06 bits per heavy atom. The van der Waals surface area contributed by atoms with Gasteiger partial charge >= 0.3 is 5.97 Å². The van der Waals surface area contributed by atoms with E-state index >= 15 is 0 Å². The summed E-state index contributed by atoms with van der Waals surface area (Å²) in [7, 11) is 0. The molecule has 0 aromatic heterocycles. The molecule has 8 aromatic carbocycles. The van der Waals surface area contributed by atoms with Gasteiger partial charge < -0.3 is 4.74 Å². The summed E-state index contributed by atoms with van der Waals surface area (Å²) in [5.74, 6) is 0.445. The maximum Gasteiger partial charge on any atom is 0.344 e. The van der Waals surface area contributed by atoms with Crippen LogP contribution >= 0.6 is 0 Å².